The summed E-state index contributed by atoms with van der Waals surface area (Å²) in [5, 5.41) is 6.12. The number of hydrogen-bond donors (Lipinski definition) is 2. The SMILES string of the molecule is COc1ccc(CCNC(=O)c2ccnc(NCc3ccccn3)c2)cc1. The van der Waals surface area contributed by atoms with Crippen molar-refractivity contribution in [3.05, 3.63) is 83.8 Å². The lowest BCUT2D eigenvalue weighted by Crippen LogP contribution is -2.25. The molecule has 6 heteroatoms. The van der Waals surface area contributed by atoms with Crippen molar-refractivity contribution in [1.82, 2.24) is 15.3 Å². The second-order valence-corrected chi connectivity index (χ2v) is 5.96. The molecule has 0 fully saturated rings. The zero-order chi connectivity index (χ0) is 18.9. The molecule has 6 nitrogen and oxygen atoms in total. The number of anilines is 1. The highest BCUT2D eigenvalue weighted by molar-refractivity contribution is 5.94. The molecule has 0 aliphatic heterocycles. The van der Waals surface area contributed by atoms with Gasteiger partial charge < -0.3 is 15.4 Å². The molecule has 0 saturated carbocycles. The molecule has 0 spiro atoms. The van der Waals surface area contributed by atoms with Crippen LogP contribution in [0.25, 0.3) is 0 Å². The third-order valence-corrected chi connectivity index (χ3v) is 4.06. The lowest BCUT2D eigenvalue weighted by Gasteiger charge is -2.08. The van der Waals surface area contributed by atoms with Gasteiger partial charge in [0.15, 0.2) is 0 Å². The molecular weight excluding hydrogens is 340 g/mol. The molecule has 0 aliphatic carbocycles. The fraction of sp³-hybridized carbons (Fsp3) is 0.190. The highest BCUT2D eigenvalue weighted by atomic mass is 16.5. The number of carbonyl (C=O) groups is 1. The second kappa shape index (κ2) is 9.33. The van der Waals surface area contributed by atoms with Gasteiger partial charge in [-0.25, -0.2) is 4.98 Å². The highest BCUT2D eigenvalue weighted by Gasteiger charge is 2.07. The van der Waals surface area contributed by atoms with Gasteiger partial charge in [0.1, 0.15) is 11.6 Å². The summed E-state index contributed by atoms with van der Waals surface area (Å²) in [4.78, 5) is 20.9. The van der Waals surface area contributed by atoms with E-state index in [1.165, 1.54) is 0 Å². The highest BCUT2D eigenvalue weighted by Crippen LogP contribution is 2.12. The average Bonchev–Trinajstić information content (AvgIpc) is 2.73. The van der Waals surface area contributed by atoms with Crippen molar-refractivity contribution >= 4 is 11.7 Å². The monoisotopic (exact) mass is 362 g/mol. The molecule has 138 valence electrons. The molecular formula is C21H22N4O2. The Balaban J connectivity index is 1.50. The van der Waals surface area contributed by atoms with E-state index in [9.17, 15) is 4.79 Å². The normalized spacial score (nSPS) is 10.3. The zero-order valence-corrected chi connectivity index (χ0v) is 15.2. The van der Waals surface area contributed by atoms with E-state index >= 15 is 0 Å². The Morgan fingerprint density at radius 2 is 1.89 bits per heavy atom. The third kappa shape index (κ3) is 5.54. The predicted octanol–water partition coefficient (Wildman–Crippen LogP) is 3.07. The van der Waals surface area contributed by atoms with Gasteiger partial charge in [-0.3, -0.25) is 9.78 Å². The van der Waals surface area contributed by atoms with Gasteiger partial charge in [-0.05, 0) is 48.4 Å². The summed E-state index contributed by atoms with van der Waals surface area (Å²) in [5.74, 6) is 1.35. The van der Waals surface area contributed by atoms with Crippen LogP contribution in [0.4, 0.5) is 5.82 Å². The van der Waals surface area contributed by atoms with E-state index in [0.717, 1.165) is 23.4 Å². The summed E-state index contributed by atoms with van der Waals surface area (Å²) in [6.45, 7) is 1.11. The Kier molecular flexibility index (Phi) is 6.35. The number of methoxy groups -OCH3 is 1. The number of carbonyl (C=O) groups excluding carboxylic acids is 1. The number of pyridine rings is 2. The molecule has 0 saturated heterocycles. The van der Waals surface area contributed by atoms with E-state index in [1.807, 2.05) is 42.5 Å². The second-order valence-electron chi connectivity index (χ2n) is 5.96. The van der Waals surface area contributed by atoms with Crippen LogP contribution in [-0.2, 0) is 13.0 Å². The first kappa shape index (κ1) is 18.4. The molecule has 2 aromatic heterocycles. The minimum absolute atomic E-state index is 0.119. The summed E-state index contributed by atoms with van der Waals surface area (Å²) >= 11 is 0. The van der Waals surface area contributed by atoms with Crippen LogP contribution in [0, 0.1) is 0 Å². The summed E-state index contributed by atoms with van der Waals surface area (Å²) in [7, 11) is 1.64. The molecule has 27 heavy (non-hydrogen) atoms. The van der Waals surface area contributed by atoms with E-state index < -0.39 is 0 Å². The van der Waals surface area contributed by atoms with E-state index in [4.69, 9.17) is 4.74 Å². The van der Waals surface area contributed by atoms with E-state index in [1.54, 1.807) is 31.6 Å². The first-order chi connectivity index (χ1) is 13.2. The minimum Gasteiger partial charge on any atom is -0.497 e. The molecule has 3 rings (SSSR count). The number of amides is 1. The maximum atomic E-state index is 12.4. The van der Waals surface area contributed by atoms with Gasteiger partial charge >= 0.3 is 0 Å². The van der Waals surface area contributed by atoms with Crippen molar-refractivity contribution in [2.24, 2.45) is 0 Å². The quantitative estimate of drug-likeness (QED) is 0.644. The molecule has 1 aromatic carbocycles. The Labute approximate surface area is 158 Å². The summed E-state index contributed by atoms with van der Waals surface area (Å²) < 4.78 is 5.14. The van der Waals surface area contributed by atoms with Crippen LogP contribution in [0.5, 0.6) is 5.75 Å². The van der Waals surface area contributed by atoms with Crippen LogP contribution in [-0.4, -0.2) is 29.5 Å². The average molecular weight is 362 g/mol. The van der Waals surface area contributed by atoms with Crippen LogP contribution >= 0.6 is 0 Å². The van der Waals surface area contributed by atoms with Crippen molar-refractivity contribution in [2.75, 3.05) is 19.0 Å². The van der Waals surface area contributed by atoms with Gasteiger partial charge in [0.05, 0.1) is 19.3 Å². The molecule has 1 amide bonds. The van der Waals surface area contributed by atoms with Crippen LogP contribution in [0.2, 0.25) is 0 Å². The van der Waals surface area contributed by atoms with Gasteiger partial charge in [0.2, 0.25) is 0 Å². The zero-order valence-electron chi connectivity index (χ0n) is 15.2. The number of hydrogen-bond acceptors (Lipinski definition) is 5. The Morgan fingerprint density at radius 1 is 1.04 bits per heavy atom. The fourth-order valence-electron chi connectivity index (χ4n) is 2.57. The van der Waals surface area contributed by atoms with Crippen molar-refractivity contribution in [3.63, 3.8) is 0 Å². The van der Waals surface area contributed by atoms with Crippen molar-refractivity contribution in [2.45, 2.75) is 13.0 Å². The van der Waals surface area contributed by atoms with Gasteiger partial charge in [0.25, 0.3) is 5.91 Å². The summed E-state index contributed by atoms with van der Waals surface area (Å²) in [5.41, 5.74) is 2.63. The maximum absolute atomic E-state index is 12.4. The number of benzene rings is 1. The van der Waals surface area contributed by atoms with Gasteiger partial charge in [0, 0.05) is 24.5 Å². The smallest absolute Gasteiger partial charge is 0.251 e. The predicted molar refractivity (Wildman–Crippen MR) is 105 cm³/mol. The Bertz CT molecular complexity index is 867. The first-order valence-corrected chi connectivity index (χ1v) is 8.75. The van der Waals surface area contributed by atoms with Crippen molar-refractivity contribution < 1.29 is 9.53 Å². The lowest BCUT2D eigenvalue weighted by molar-refractivity contribution is 0.0954. The summed E-state index contributed by atoms with van der Waals surface area (Å²) in [6.07, 6.45) is 4.13. The fourth-order valence-corrected chi connectivity index (χ4v) is 2.57. The maximum Gasteiger partial charge on any atom is 0.251 e. The molecule has 0 bridgehead atoms. The van der Waals surface area contributed by atoms with Crippen LogP contribution in [0.3, 0.4) is 0 Å². The Morgan fingerprint density at radius 3 is 2.63 bits per heavy atom. The minimum atomic E-state index is -0.119. The van der Waals surface area contributed by atoms with Crippen molar-refractivity contribution in [1.29, 1.82) is 0 Å². The lowest BCUT2D eigenvalue weighted by atomic mass is 10.1. The Hall–Kier alpha value is -3.41. The largest absolute Gasteiger partial charge is 0.497 e. The molecule has 2 N–H and O–H groups in total. The molecule has 2 heterocycles. The molecule has 0 atom stereocenters. The van der Waals surface area contributed by atoms with Crippen LogP contribution in [0.1, 0.15) is 21.6 Å². The summed E-state index contributed by atoms with van der Waals surface area (Å²) in [6, 6.07) is 17.0. The van der Waals surface area contributed by atoms with E-state index in [2.05, 4.69) is 20.6 Å². The van der Waals surface area contributed by atoms with Gasteiger partial charge in [-0.1, -0.05) is 18.2 Å². The number of rotatable bonds is 8. The first-order valence-electron chi connectivity index (χ1n) is 8.75. The molecule has 0 unspecified atom stereocenters. The van der Waals surface area contributed by atoms with E-state index in [-0.39, 0.29) is 5.91 Å². The standard InChI is InChI=1S/C21H22N4O2/c1-27-19-7-5-16(6-8-19)9-12-24-21(26)17-10-13-23-20(14-17)25-15-18-4-2-3-11-22-18/h2-8,10-11,13-14H,9,12,15H2,1H3,(H,23,25)(H,24,26). The topological polar surface area (TPSA) is 76.1 Å². The van der Waals surface area contributed by atoms with Crippen molar-refractivity contribution in [3.8, 4) is 5.75 Å². The van der Waals surface area contributed by atoms with Crippen LogP contribution < -0.4 is 15.4 Å². The number of aromatic nitrogens is 2. The molecule has 3 aromatic rings. The van der Waals surface area contributed by atoms with E-state index in [0.29, 0.717) is 24.5 Å². The molecule has 0 radical (unpaired) electrons. The van der Waals surface area contributed by atoms with Gasteiger partial charge in [-0.2, -0.15) is 0 Å². The third-order valence-electron chi connectivity index (χ3n) is 4.06. The van der Waals surface area contributed by atoms with Crippen LogP contribution in [0.15, 0.2) is 67.0 Å². The number of ether oxygens (including phenoxy) is 1. The van der Waals surface area contributed by atoms with Gasteiger partial charge in [-0.15, -0.1) is 0 Å². The number of nitrogens with one attached hydrogen (secondary N) is 2. The number of nitrogens with zero attached hydrogens (tertiary/aromatic N) is 2. The molecule has 0 aliphatic rings.